The quantitative estimate of drug-likeness (QED) is 0.224. The van der Waals surface area contributed by atoms with Crippen LogP contribution < -0.4 is 10.6 Å². The van der Waals surface area contributed by atoms with Gasteiger partial charge >= 0.3 is 11.9 Å². The molecule has 0 aromatic heterocycles. The van der Waals surface area contributed by atoms with Crippen LogP contribution in [0.3, 0.4) is 0 Å². The van der Waals surface area contributed by atoms with Crippen molar-refractivity contribution in [3.05, 3.63) is 0 Å². The second-order valence-electron chi connectivity index (χ2n) is 5.43. The largest absolute Gasteiger partial charge is 0.480 e. The van der Waals surface area contributed by atoms with Crippen molar-refractivity contribution in [1.82, 2.24) is 10.6 Å². The van der Waals surface area contributed by atoms with Gasteiger partial charge < -0.3 is 25.7 Å². The molecule has 0 aromatic carbocycles. The molecule has 0 saturated carbocycles. The van der Waals surface area contributed by atoms with Gasteiger partial charge in [-0.2, -0.15) is 12.6 Å². The molecule has 22 heavy (non-hydrogen) atoms. The van der Waals surface area contributed by atoms with Gasteiger partial charge in [0.25, 0.3) is 0 Å². The van der Waals surface area contributed by atoms with E-state index in [0.717, 1.165) is 0 Å². The first-order chi connectivity index (χ1) is 10.1. The van der Waals surface area contributed by atoms with E-state index in [4.69, 9.17) is 15.3 Å². The van der Waals surface area contributed by atoms with Crippen molar-refractivity contribution in [3.8, 4) is 0 Å². The standard InChI is InChI=1S/C12H22N2O7S/c1-12(2,5-15)8(16)9(17)13-3-6(10(18)19)14-7(4-22)11(20)21/h6-8,14-16,22H,3-5H2,1-2H3,(H,13,17)(H,18,19)(H,20,21)/t6?,7-,8-/m0/s1. The number of rotatable bonds is 10. The van der Waals surface area contributed by atoms with Crippen LogP contribution in [0.1, 0.15) is 13.8 Å². The molecule has 10 heteroatoms. The van der Waals surface area contributed by atoms with Gasteiger partial charge in [0.05, 0.1) is 6.61 Å². The number of thiol groups is 1. The van der Waals surface area contributed by atoms with Crippen LogP contribution in [0.4, 0.5) is 0 Å². The summed E-state index contributed by atoms with van der Waals surface area (Å²) in [5, 5.41) is 41.2. The van der Waals surface area contributed by atoms with Crippen molar-refractivity contribution in [2.24, 2.45) is 5.41 Å². The number of carbonyl (C=O) groups is 3. The molecule has 128 valence electrons. The molecule has 0 fully saturated rings. The van der Waals surface area contributed by atoms with E-state index in [1.165, 1.54) is 13.8 Å². The lowest BCUT2D eigenvalue weighted by Crippen LogP contribution is -2.55. The van der Waals surface area contributed by atoms with Gasteiger partial charge in [-0.05, 0) is 0 Å². The molecule has 3 atom stereocenters. The predicted molar refractivity (Wildman–Crippen MR) is 79.7 cm³/mol. The lowest BCUT2D eigenvalue weighted by Gasteiger charge is -2.28. The second kappa shape index (κ2) is 8.93. The van der Waals surface area contributed by atoms with E-state index in [1.54, 1.807) is 0 Å². The average Bonchev–Trinajstić information content (AvgIpc) is 2.45. The highest BCUT2D eigenvalue weighted by molar-refractivity contribution is 7.80. The third-order valence-electron chi connectivity index (χ3n) is 3.06. The number of aliphatic carboxylic acids is 2. The Kier molecular flexibility index (Phi) is 8.38. The summed E-state index contributed by atoms with van der Waals surface area (Å²) < 4.78 is 0. The van der Waals surface area contributed by atoms with Crippen LogP contribution in [0.15, 0.2) is 0 Å². The molecule has 1 amide bonds. The van der Waals surface area contributed by atoms with Crippen LogP contribution in [-0.2, 0) is 14.4 Å². The van der Waals surface area contributed by atoms with Gasteiger partial charge in [-0.1, -0.05) is 13.8 Å². The number of aliphatic hydroxyl groups excluding tert-OH is 2. The highest BCUT2D eigenvalue weighted by Gasteiger charge is 2.34. The highest BCUT2D eigenvalue weighted by Crippen LogP contribution is 2.19. The van der Waals surface area contributed by atoms with Crippen LogP contribution >= 0.6 is 12.6 Å². The van der Waals surface area contributed by atoms with E-state index in [9.17, 15) is 19.5 Å². The molecule has 0 aliphatic carbocycles. The zero-order chi connectivity index (χ0) is 17.5. The number of carboxylic acid groups (broad SMARTS) is 2. The van der Waals surface area contributed by atoms with Crippen molar-refractivity contribution in [2.75, 3.05) is 18.9 Å². The zero-order valence-electron chi connectivity index (χ0n) is 12.3. The Morgan fingerprint density at radius 2 is 1.64 bits per heavy atom. The summed E-state index contributed by atoms with van der Waals surface area (Å²) in [5.41, 5.74) is -1.09. The fourth-order valence-electron chi connectivity index (χ4n) is 1.40. The van der Waals surface area contributed by atoms with Crippen molar-refractivity contribution < 1.29 is 34.8 Å². The smallest absolute Gasteiger partial charge is 0.322 e. The molecule has 0 aliphatic heterocycles. The summed E-state index contributed by atoms with van der Waals surface area (Å²) in [5.74, 6) is -3.61. The molecule has 0 radical (unpaired) electrons. The molecule has 0 spiro atoms. The summed E-state index contributed by atoms with van der Waals surface area (Å²) in [6, 6.07) is -2.55. The third kappa shape index (κ3) is 6.18. The molecule has 9 nitrogen and oxygen atoms in total. The maximum atomic E-state index is 11.7. The van der Waals surface area contributed by atoms with Crippen LogP contribution in [0, 0.1) is 5.41 Å². The molecule has 0 heterocycles. The molecule has 0 aliphatic rings. The summed E-state index contributed by atoms with van der Waals surface area (Å²) >= 11 is 3.80. The van der Waals surface area contributed by atoms with Gasteiger partial charge in [-0.3, -0.25) is 19.7 Å². The number of amides is 1. The van der Waals surface area contributed by atoms with Crippen molar-refractivity contribution in [3.63, 3.8) is 0 Å². The first-order valence-electron chi connectivity index (χ1n) is 6.46. The van der Waals surface area contributed by atoms with E-state index in [1.807, 2.05) is 0 Å². The van der Waals surface area contributed by atoms with Crippen LogP contribution in [0.5, 0.6) is 0 Å². The molecule has 6 N–H and O–H groups in total. The minimum Gasteiger partial charge on any atom is -0.480 e. The number of hydrogen-bond acceptors (Lipinski definition) is 7. The number of aliphatic hydroxyl groups is 2. The molecule has 1 unspecified atom stereocenters. The fraction of sp³-hybridized carbons (Fsp3) is 0.750. The number of carbonyl (C=O) groups excluding carboxylic acids is 1. The Bertz CT molecular complexity index is 416. The van der Waals surface area contributed by atoms with E-state index < -0.39 is 54.6 Å². The summed E-state index contributed by atoms with van der Waals surface area (Å²) in [7, 11) is 0. The summed E-state index contributed by atoms with van der Waals surface area (Å²) in [6.45, 7) is 2.06. The van der Waals surface area contributed by atoms with Gasteiger partial charge in [0, 0.05) is 17.7 Å². The van der Waals surface area contributed by atoms with E-state index >= 15 is 0 Å². The van der Waals surface area contributed by atoms with Gasteiger partial charge in [-0.15, -0.1) is 0 Å². The van der Waals surface area contributed by atoms with E-state index in [0.29, 0.717) is 0 Å². The lowest BCUT2D eigenvalue weighted by molar-refractivity contribution is -0.142. The van der Waals surface area contributed by atoms with Gasteiger partial charge in [-0.25, -0.2) is 0 Å². The average molecular weight is 338 g/mol. The maximum absolute atomic E-state index is 11.7. The van der Waals surface area contributed by atoms with Crippen molar-refractivity contribution in [1.29, 1.82) is 0 Å². The molecular weight excluding hydrogens is 316 g/mol. The minimum absolute atomic E-state index is 0.132. The van der Waals surface area contributed by atoms with Crippen molar-refractivity contribution >= 4 is 30.5 Å². The maximum Gasteiger partial charge on any atom is 0.322 e. The van der Waals surface area contributed by atoms with Crippen LogP contribution in [0.2, 0.25) is 0 Å². The van der Waals surface area contributed by atoms with E-state index in [-0.39, 0.29) is 5.75 Å². The Morgan fingerprint density at radius 1 is 1.14 bits per heavy atom. The Morgan fingerprint density at radius 3 is 2.00 bits per heavy atom. The highest BCUT2D eigenvalue weighted by atomic mass is 32.1. The third-order valence-corrected chi connectivity index (χ3v) is 3.42. The first-order valence-corrected chi connectivity index (χ1v) is 7.09. The number of nitrogens with one attached hydrogen (secondary N) is 2. The molecule has 0 rings (SSSR count). The summed E-state index contributed by atoms with van der Waals surface area (Å²) in [4.78, 5) is 33.7. The zero-order valence-corrected chi connectivity index (χ0v) is 13.2. The van der Waals surface area contributed by atoms with Crippen LogP contribution in [0.25, 0.3) is 0 Å². The van der Waals surface area contributed by atoms with Crippen LogP contribution in [-0.4, -0.2) is 75.4 Å². The van der Waals surface area contributed by atoms with Gasteiger partial charge in [0.15, 0.2) is 0 Å². The summed E-state index contributed by atoms with van der Waals surface area (Å²) in [6.07, 6.45) is -1.54. The monoisotopic (exact) mass is 338 g/mol. The van der Waals surface area contributed by atoms with Gasteiger partial charge in [0.2, 0.25) is 5.91 Å². The molecule has 0 saturated heterocycles. The lowest BCUT2D eigenvalue weighted by atomic mass is 9.87. The number of carboxylic acids is 2. The molecule has 0 aromatic rings. The minimum atomic E-state index is -1.54. The number of hydrogen-bond donors (Lipinski definition) is 7. The van der Waals surface area contributed by atoms with E-state index in [2.05, 4.69) is 23.3 Å². The first kappa shape index (κ1) is 20.6. The normalized spacial score (nSPS) is 15.7. The second-order valence-corrected chi connectivity index (χ2v) is 5.79. The predicted octanol–water partition coefficient (Wildman–Crippen LogP) is -2.09. The Balaban J connectivity index is 4.70. The fourth-order valence-corrected chi connectivity index (χ4v) is 1.66. The Labute approximate surface area is 133 Å². The van der Waals surface area contributed by atoms with Gasteiger partial charge in [0.1, 0.15) is 18.2 Å². The Hall–Kier alpha value is -1.36. The van der Waals surface area contributed by atoms with Crippen molar-refractivity contribution in [2.45, 2.75) is 32.0 Å². The molecular formula is C12H22N2O7S. The molecule has 0 bridgehead atoms. The SMILES string of the molecule is CC(C)(CO)[C@@H](O)C(=O)NCC(N[C@@H](CS)C(=O)O)C(=O)O. The topological polar surface area (TPSA) is 156 Å².